The molecule has 0 unspecified atom stereocenters. The summed E-state index contributed by atoms with van der Waals surface area (Å²) < 4.78 is 30.1. The van der Waals surface area contributed by atoms with Gasteiger partial charge in [-0.3, -0.25) is 19.2 Å². The van der Waals surface area contributed by atoms with E-state index in [0.717, 1.165) is 12.2 Å². The zero-order valence-corrected chi connectivity index (χ0v) is 30.4. The number of ketones is 4. The van der Waals surface area contributed by atoms with Gasteiger partial charge < -0.3 is 28.4 Å². The highest BCUT2D eigenvalue weighted by atomic mass is 16.7. The molecular weight excluding hydrogens is 704 g/mol. The van der Waals surface area contributed by atoms with Crippen molar-refractivity contribution in [2.75, 3.05) is 26.4 Å². The summed E-state index contributed by atoms with van der Waals surface area (Å²) in [7, 11) is 0. The predicted molar refractivity (Wildman–Crippen MR) is 191 cm³/mol. The van der Waals surface area contributed by atoms with E-state index in [1.54, 1.807) is 13.8 Å². The number of hydrogen-bond donors (Lipinski definition) is 0. The van der Waals surface area contributed by atoms with Crippen molar-refractivity contribution in [1.82, 2.24) is 0 Å². The summed E-state index contributed by atoms with van der Waals surface area (Å²) in [6.07, 6.45) is 3.06. The highest BCUT2D eigenvalue weighted by molar-refractivity contribution is 6.45. The van der Waals surface area contributed by atoms with Crippen LogP contribution in [0.3, 0.4) is 0 Å². The molecule has 0 aliphatic heterocycles. The standard InChI is InChI=1S/C40H44O14/c1-5-33(41)49-19-7-9-21-51-39(47)53-31-17-15-29(23-25(31)3)37(45)35(43)27-11-13-28(14-12-27)36(44)38(46)30-16-18-32(26(4)24-30)54-40(48)52-22-10-8-20-50-34(42)6-2/h5-6,15-18,23-24,27-28H,1-2,7-14,19-22H2,3-4H3. The van der Waals surface area contributed by atoms with Crippen molar-refractivity contribution in [3.05, 3.63) is 84.0 Å². The summed E-state index contributed by atoms with van der Waals surface area (Å²) in [5.74, 6) is -4.60. The summed E-state index contributed by atoms with van der Waals surface area (Å²) >= 11 is 0. The Morgan fingerprint density at radius 3 is 1.20 bits per heavy atom. The summed E-state index contributed by atoms with van der Waals surface area (Å²) in [5, 5.41) is 0. The van der Waals surface area contributed by atoms with Crippen LogP contribution in [0.1, 0.15) is 83.2 Å². The lowest BCUT2D eigenvalue weighted by Crippen LogP contribution is -2.32. The van der Waals surface area contributed by atoms with Gasteiger partial charge in [-0.1, -0.05) is 13.2 Å². The molecule has 1 fully saturated rings. The lowest BCUT2D eigenvalue weighted by molar-refractivity contribution is -0.138. The van der Waals surface area contributed by atoms with E-state index >= 15 is 0 Å². The molecule has 0 amide bonds. The van der Waals surface area contributed by atoms with Crippen molar-refractivity contribution in [1.29, 1.82) is 0 Å². The van der Waals surface area contributed by atoms with Crippen molar-refractivity contribution >= 4 is 47.4 Å². The van der Waals surface area contributed by atoms with Gasteiger partial charge in [0.2, 0.25) is 23.1 Å². The maximum atomic E-state index is 13.1. The highest BCUT2D eigenvalue weighted by Gasteiger charge is 2.35. The lowest BCUT2D eigenvalue weighted by Gasteiger charge is -2.26. The molecule has 54 heavy (non-hydrogen) atoms. The Hall–Kier alpha value is -5.92. The number of Topliss-reactive ketones (excluding diaryl/α,β-unsaturated/α-hetero) is 4. The van der Waals surface area contributed by atoms with Crippen molar-refractivity contribution in [2.45, 2.75) is 65.2 Å². The fourth-order valence-corrected chi connectivity index (χ4v) is 5.50. The molecule has 3 rings (SSSR count). The van der Waals surface area contributed by atoms with E-state index in [-0.39, 0.29) is 74.7 Å². The van der Waals surface area contributed by atoms with Gasteiger partial charge in [0, 0.05) is 35.1 Å². The van der Waals surface area contributed by atoms with E-state index in [4.69, 9.17) is 28.4 Å². The van der Waals surface area contributed by atoms with Gasteiger partial charge in [-0.2, -0.15) is 0 Å². The van der Waals surface area contributed by atoms with E-state index in [1.807, 2.05) is 0 Å². The normalized spacial score (nSPS) is 14.8. The largest absolute Gasteiger partial charge is 0.513 e. The van der Waals surface area contributed by atoms with Gasteiger partial charge in [-0.05, 0) is 113 Å². The molecule has 2 aromatic rings. The topological polar surface area (TPSA) is 192 Å². The minimum atomic E-state index is -0.949. The Kier molecular flexibility index (Phi) is 17.0. The smallest absolute Gasteiger partial charge is 0.463 e. The molecule has 2 aromatic carbocycles. The fraction of sp³-hybridized carbons (Fsp3) is 0.400. The minimum absolute atomic E-state index is 0.0427. The summed E-state index contributed by atoms with van der Waals surface area (Å²) in [6, 6.07) is 8.45. The highest BCUT2D eigenvalue weighted by Crippen LogP contribution is 2.32. The summed E-state index contributed by atoms with van der Waals surface area (Å²) in [4.78, 5) is 98.6. The first-order chi connectivity index (χ1) is 25.8. The van der Waals surface area contributed by atoms with Gasteiger partial charge in [0.05, 0.1) is 26.4 Å². The van der Waals surface area contributed by atoms with Crippen LogP contribution in [0.5, 0.6) is 11.5 Å². The number of hydrogen-bond acceptors (Lipinski definition) is 14. The van der Waals surface area contributed by atoms with Crippen molar-refractivity contribution in [2.24, 2.45) is 11.8 Å². The van der Waals surface area contributed by atoms with E-state index < -0.39 is 59.2 Å². The van der Waals surface area contributed by atoms with Crippen LogP contribution >= 0.6 is 0 Å². The Balaban J connectivity index is 1.43. The third kappa shape index (κ3) is 13.2. The second kappa shape index (κ2) is 21.6. The average molecular weight is 749 g/mol. The summed E-state index contributed by atoms with van der Waals surface area (Å²) in [6.45, 7) is 10.2. The first kappa shape index (κ1) is 42.5. The van der Waals surface area contributed by atoms with Gasteiger partial charge in [0.1, 0.15) is 11.5 Å². The number of aryl methyl sites for hydroxylation is 2. The van der Waals surface area contributed by atoms with E-state index in [2.05, 4.69) is 13.2 Å². The zero-order chi connectivity index (χ0) is 39.6. The third-order valence-electron chi connectivity index (χ3n) is 8.52. The Labute approximate surface area is 312 Å². The molecule has 0 saturated heterocycles. The van der Waals surface area contributed by atoms with Crippen LogP contribution in [0.25, 0.3) is 0 Å². The average Bonchev–Trinajstić information content (AvgIpc) is 3.17. The molecule has 0 aromatic heterocycles. The number of ether oxygens (including phenoxy) is 6. The number of carbonyl (C=O) groups excluding carboxylic acids is 8. The number of benzene rings is 2. The minimum Gasteiger partial charge on any atom is -0.463 e. The van der Waals surface area contributed by atoms with Crippen LogP contribution in [0.15, 0.2) is 61.7 Å². The van der Waals surface area contributed by atoms with Crippen LogP contribution in [0.4, 0.5) is 9.59 Å². The summed E-state index contributed by atoms with van der Waals surface area (Å²) in [5.41, 5.74) is 1.12. The number of esters is 2. The Morgan fingerprint density at radius 2 is 0.889 bits per heavy atom. The molecule has 0 heterocycles. The van der Waals surface area contributed by atoms with Gasteiger partial charge in [0.25, 0.3) is 0 Å². The van der Waals surface area contributed by atoms with Crippen LogP contribution in [-0.2, 0) is 38.1 Å². The molecule has 0 N–H and O–H groups in total. The number of rotatable bonds is 20. The fourth-order valence-electron chi connectivity index (χ4n) is 5.50. The van der Waals surface area contributed by atoms with Crippen molar-refractivity contribution in [3.63, 3.8) is 0 Å². The monoisotopic (exact) mass is 748 g/mol. The number of carbonyl (C=O) groups is 8. The molecule has 1 saturated carbocycles. The van der Waals surface area contributed by atoms with Gasteiger partial charge in [-0.15, -0.1) is 0 Å². The molecule has 14 heteroatoms. The maximum absolute atomic E-state index is 13.1. The zero-order valence-electron chi connectivity index (χ0n) is 30.4. The van der Waals surface area contributed by atoms with E-state index in [0.29, 0.717) is 36.8 Å². The van der Waals surface area contributed by atoms with Crippen LogP contribution in [0.2, 0.25) is 0 Å². The lowest BCUT2D eigenvalue weighted by atomic mass is 9.76. The van der Waals surface area contributed by atoms with Gasteiger partial charge >= 0.3 is 24.2 Å². The molecule has 1 aliphatic rings. The molecule has 0 bridgehead atoms. The second-order valence-electron chi connectivity index (χ2n) is 12.5. The molecule has 0 spiro atoms. The van der Waals surface area contributed by atoms with E-state index in [9.17, 15) is 38.4 Å². The van der Waals surface area contributed by atoms with E-state index in [1.165, 1.54) is 36.4 Å². The van der Waals surface area contributed by atoms with Gasteiger partial charge in [0.15, 0.2) is 0 Å². The molecule has 288 valence electrons. The maximum Gasteiger partial charge on any atom is 0.513 e. The first-order valence-electron chi connectivity index (χ1n) is 17.5. The first-order valence-corrected chi connectivity index (χ1v) is 17.5. The van der Waals surface area contributed by atoms with Crippen LogP contribution in [-0.4, -0.2) is 73.8 Å². The second-order valence-corrected chi connectivity index (χ2v) is 12.5. The molecular formula is C40H44O14. The quantitative estimate of drug-likeness (QED) is 0.0276. The SMILES string of the molecule is C=CC(=O)OCCCCOC(=O)Oc1ccc(C(=O)C(=O)C2CCC(C(=O)C(=O)c3ccc(OC(=O)OCCCCOC(=O)C=C)c(C)c3)CC2)cc1C. The Bertz CT molecular complexity index is 1620. The molecule has 1 aliphatic carbocycles. The molecule has 14 nitrogen and oxygen atoms in total. The van der Waals surface area contributed by atoms with Crippen molar-refractivity contribution < 1.29 is 66.8 Å². The van der Waals surface area contributed by atoms with Crippen molar-refractivity contribution in [3.8, 4) is 11.5 Å². The van der Waals surface area contributed by atoms with Crippen LogP contribution in [0, 0.1) is 25.7 Å². The van der Waals surface area contributed by atoms with Crippen LogP contribution < -0.4 is 9.47 Å². The number of unbranched alkanes of at least 4 members (excludes halogenated alkanes) is 2. The Morgan fingerprint density at radius 1 is 0.556 bits per heavy atom. The molecule has 0 radical (unpaired) electrons. The third-order valence-corrected chi connectivity index (χ3v) is 8.52. The van der Waals surface area contributed by atoms with Gasteiger partial charge in [-0.25, -0.2) is 19.2 Å². The molecule has 0 atom stereocenters. The predicted octanol–water partition coefficient (Wildman–Crippen LogP) is 6.36.